The Kier molecular flexibility index (Phi) is 3.59. The molecule has 0 unspecified atom stereocenters. The zero-order valence-corrected chi connectivity index (χ0v) is 7.63. The molecule has 0 aliphatic heterocycles. The first-order valence-electron chi connectivity index (χ1n) is 2.01. The predicted octanol–water partition coefficient (Wildman–Crippen LogP) is 0.0591. The Morgan fingerprint density at radius 2 is 2.33 bits per heavy atom. The van der Waals surface area contributed by atoms with Crippen LogP contribution in [0.25, 0.3) is 0 Å². The molecule has 1 aromatic rings. The summed E-state index contributed by atoms with van der Waals surface area (Å²) in [6.07, 6.45) is 1.38. The number of rotatable bonds is 0. The third kappa shape index (κ3) is 2.69. The molecule has 0 atom stereocenters. The van der Waals surface area contributed by atoms with Gasteiger partial charge in [-0.1, -0.05) is 18.4 Å². The van der Waals surface area contributed by atoms with Crippen LogP contribution in [0, 0.1) is 4.77 Å². The van der Waals surface area contributed by atoms with E-state index in [1.165, 1.54) is 12.3 Å². The van der Waals surface area contributed by atoms with E-state index in [-0.39, 0.29) is 30.1 Å². The monoisotopic (exact) mass is 319 g/mol. The van der Waals surface area contributed by atoms with Crippen LogP contribution >= 0.6 is 12.2 Å². The van der Waals surface area contributed by atoms with Crippen LogP contribution in [0.3, 0.4) is 0 Å². The minimum absolute atomic E-state index is 0. The van der Waals surface area contributed by atoms with Crippen LogP contribution in [-0.2, 0) is 19.8 Å². The largest absolute Gasteiger partial charge is 1.00 e. The van der Waals surface area contributed by atoms with Gasteiger partial charge in [-0.05, 0) is 6.07 Å². The van der Waals surface area contributed by atoms with E-state index in [2.05, 4.69) is 22.2 Å². The summed E-state index contributed by atoms with van der Waals surface area (Å²) in [7, 11) is 0. The Bertz CT molecular complexity index is 253. The molecule has 49 valence electrons. The number of aromatic nitrogens is 2. The second-order valence-electron chi connectivity index (χ2n) is 1.24. The smallest absolute Gasteiger partial charge is 0.433 e. The fraction of sp³-hybridized carbons (Fsp3) is 0. The van der Waals surface area contributed by atoms with Crippen LogP contribution in [0.15, 0.2) is 17.1 Å². The maximum absolute atomic E-state index is 10.3. The molecule has 0 spiro atoms. The summed E-state index contributed by atoms with van der Waals surface area (Å²) in [4.78, 5) is 16.2. The minimum atomic E-state index is -0.204. The van der Waals surface area contributed by atoms with E-state index in [4.69, 9.17) is 0 Å². The maximum Gasteiger partial charge on any atom is 1.00 e. The van der Waals surface area contributed by atoms with Crippen molar-refractivity contribution in [2.75, 3.05) is 0 Å². The van der Waals surface area contributed by atoms with Crippen molar-refractivity contribution >= 4 is 12.2 Å². The fourth-order valence-electron chi connectivity index (χ4n) is 0.352. The van der Waals surface area contributed by atoms with Crippen molar-refractivity contribution in [3.05, 3.63) is 27.4 Å². The Balaban J connectivity index is 0.000000640. The molecule has 0 amide bonds. The van der Waals surface area contributed by atoms with Crippen molar-refractivity contribution < 1.29 is 19.8 Å². The molecular formula is C4H3N2OOsS. The third-order valence-electron chi connectivity index (χ3n) is 0.648. The molecule has 0 saturated heterocycles. The molecule has 0 fully saturated rings. The van der Waals surface area contributed by atoms with Gasteiger partial charge in [-0.25, -0.2) is 0 Å². The van der Waals surface area contributed by atoms with Gasteiger partial charge in [0.25, 0.3) is 0 Å². The molecule has 1 N–H and O–H groups in total. The molecule has 9 heavy (non-hydrogen) atoms. The second kappa shape index (κ2) is 3.70. The van der Waals surface area contributed by atoms with Crippen LogP contribution in [0.5, 0.6) is 0 Å². The Labute approximate surface area is 69.6 Å². The van der Waals surface area contributed by atoms with Gasteiger partial charge >= 0.3 is 19.8 Å². The van der Waals surface area contributed by atoms with Gasteiger partial charge in [0.15, 0.2) is 5.56 Å². The van der Waals surface area contributed by atoms with E-state index in [0.717, 1.165) is 0 Å². The van der Waals surface area contributed by atoms with Gasteiger partial charge < -0.3 is 9.97 Å². The van der Waals surface area contributed by atoms with Gasteiger partial charge in [0.05, 0.1) is 0 Å². The molecule has 0 aliphatic rings. The summed E-state index contributed by atoms with van der Waals surface area (Å²) in [5.41, 5.74) is -0.204. The van der Waals surface area contributed by atoms with E-state index in [0.29, 0.717) is 0 Å². The summed E-state index contributed by atoms with van der Waals surface area (Å²) >= 11 is 4.53. The van der Waals surface area contributed by atoms with Crippen molar-refractivity contribution in [3.63, 3.8) is 0 Å². The van der Waals surface area contributed by atoms with Crippen molar-refractivity contribution in [2.45, 2.75) is 0 Å². The Morgan fingerprint density at radius 3 is 2.67 bits per heavy atom. The van der Waals surface area contributed by atoms with Gasteiger partial charge in [0.2, 0.25) is 0 Å². The SMILES string of the molecule is O=c1cc[n-]c(=S)[nH]1.[Os+]. The van der Waals surface area contributed by atoms with Gasteiger partial charge in [0.1, 0.15) is 0 Å². The third-order valence-corrected chi connectivity index (χ3v) is 0.855. The van der Waals surface area contributed by atoms with E-state index in [1.54, 1.807) is 0 Å². The summed E-state index contributed by atoms with van der Waals surface area (Å²) in [5.74, 6) is 0. The Morgan fingerprint density at radius 1 is 1.67 bits per heavy atom. The van der Waals surface area contributed by atoms with E-state index in [9.17, 15) is 4.79 Å². The summed E-state index contributed by atoms with van der Waals surface area (Å²) in [5, 5.41) is 0. The molecule has 0 aliphatic carbocycles. The maximum atomic E-state index is 10.3. The first-order chi connectivity index (χ1) is 3.79. The average molecular weight is 317 g/mol. The average Bonchev–Trinajstić information content (AvgIpc) is 1.64. The number of aromatic amines is 1. The first-order valence-corrected chi connectivity index (χ1v) is 2.42. The van der Waals surface area contributed by atoms with Crippen LogP contribution in [-0.4, -0.2) is 4.98 Å². The van der Waals surface area contributed by atoms with Gasteiger partial charge in [-0.2, -0.15) is 0 Å². The van der Waals surface area contributed by atoms with Crippen molar-refractivity contribution in [2.24, 2.45) is 0 Å². The van der Waals surface area contributed by atoms with Crippen LogP contribution in [0.2, 0.25) is 0 Å². The Hall–Kier alpha value is -0.264. The summed E-state index contributed by atoms with van der Waals surface area (Å²) < 4.78 is 0.234. The van der Waals surface area contributed by atoms with E-state index >= 15 is 0 Å². The summed E-state index contributed by atoms with van der Waals surface area (Å²) in [6, 6.07) is 1.32. The number of hydrogen-bond donors (Lipinski definition) is 1. The zero-order chi connectivity index (χ0) is 5.98. The molecule has 5 heteroatoms. The van der Waals surface area contributed by atoms with Gasteiger partial charge in [0, 0.05) is 4.77 Å². The van der Waals surface area contributed by atoms with Crippen molar-refractivity contribution in [1.82, 2.24) is 9.97 Å². The molecule has 0 bridgehead atoms. The van der Waals surface area contributed by atoms with Crippen LogP contribution in [0.4, 0.5) is 0 Å². The van der Waals surface area contributed by atoms with Gasteiger partial charge in [-0.3, -0.25) is 4.79 Å². The number of hydrogen-bond acceptors (Lipinski definition) is 2. The fourth-order valence-corrected chi connectivity index (χ4v) is 0.513. The predicted molar refractivity (Wildman–Crippen MR) is 31.2 cm³/mol. The topological polar surface area (TPSA) is 47.0 Å². The normalized spacial score (nSPS) is 8.00. The second-order valence-corrected chi connectivity index (χ2v) is 1.63. The molecule has 0 aromatic carbocycles. The molecular weight excluding hydrogens is 314 g/mol. The quantitative estimate of drug-likeness (QED) is 0.688. The van der Waals surface area contributed by atoms with Crippen molar-refractivity contribution in [3.8, 4) is 0 Å². The molecule has 1 aromatic heterocycles. The van der Waals surface area contributed by atoms with Gasteiger partial charge in [-0.15, -0.1) is 0 Å². The molecule has 0 saturated carbocycles. The van der Waals surface area contributed by atoms with Crippen LogP contribution < -0.4 is 10.5 Å². The number of H-pyrrole nitrogens is 1. The molecule has 1 heterocycles. The molecule has 3 nitrogen and oxygen atoms in total. The van der Waals surface area contributed by atoms with E-state index in [1.807, 2.05) is 0 Å². The standard InChI is InChI=1S/C4H4N2OS.Os/c7-3-1-2-5-4(8)6-3;/h1-2H,(H2,5,6,7,8);/q;+1/p-1. The van der Waals surface area contributed by atoms with Crippen molar-refractivity contribution in [1.29, 1.82) is 0 Å². The molecule has 1 radical (unpaired) electrons. The first kappa shape index (κ1) is 8.74. The summed E-state index contributed by atoms with van der Waals surface area (Å²) in [6.45, 7) is 0. The number of nitrogens with one attached hydrogen (secondary N) is 1. The van der Waals surface area contributed by atoms with E-state index < -0.39 is 0 Å². The number of nitrogens with zero attached hydrogens (tertiary/aromatic N) is 1. The minimum Gasteiger partial charge on any atom is -0.433 e. The molecule has 1 rings (SSSR count). The van der Waals surface area contributed by atoms with Crippen LogP contribution in [0.1, 0.15) is 0 Å². The zero-order valence-electron chi connectivity index (χ0n) is 4.27.